The zero-order chi connectivity index (χ0) is 16.4. The number of benzene rings is 1. The maximum atomic E-state index is 12.0. The summed E-state index contributed by atoms with van der Waals surface area (Å²) in [6.07, 6.45) is 0.462. The van der Waals surface area contributed by atoms with Crippen LogP contribution in [0.3, 0.4) is 0 Å². The molecule has 0 aliphatic heterocycles. The van der Waals surface area contributed by atoms with Gasteiger partial charge in [-0.15, -0.1) is 0 Å². The van der Waals surface area contributed by atoms with Crippen LogP contribution in [0.5, 0.6) is 5.75 Å². The Kier molecular flexibility index (Phi) is 7.81. The van der Waals surface area contributed by atoms with E-state index in [0.717, 1.165) is 11.4 Å². The Bertz CT molecular complexity index is 472. The van der Waals surface area contributed by atoms with Crippen LogP contribution in [-0.2, 0) is 19.1 Å². The Morgan fingerprint density at radius 1 is 1.09 bits per heavy atom. The van der Waals surface area contributed by atoms with Gasteiger partial charge in [-0.05, 0) is 44.5 Å². The van der Waals surface area contributed by atoms with E-state index >= 15 is 0 Å². The van der Waals surface area contributed by atoms with Gasteiger partial charge >= 0.3 is 11.9 Å². The highest BCUT2D eigenvalue weighted by molar-refractivity contribution is 5.80. The van der Waals surface area contributed by atoms with Crippen molar-refractivity contribution >= 4 is 17.6 Å². The topological polar surface area (TPSA) is 73.9 Å². The first-order valence-electron chi connectivity index (χ1n) is 7.33. The summed E-state index contributed by atoms with van der Waals surface area (Å²) < 4.78 is 15.0. The molecule has 0 saturated heterocycles. The van der Waals surface area contributed by atoms with Crippen molar-refractivity contribution in [2.45, 2.75) is 32.7 Å². The quantitative estimate of drug-likeness (QED) is 0.706. The van der Waals surface area contributed by atoms with Crippen LogP contribution < -0.4 is 10.1 Å². The summed E-state index contributed by atoms with van der Waals surface area (Å²) in [4.78, 5) is 23.4. The number of methoxy groups -OCH3 is 1. The number of esters is 2. The first kappa shape index (κ1) is 17.8. The first-order chi connectivity index (χ1) is 10.6. The van der Waals surface area contributed by atoms with Gasteiger partial charge in [0.05, 0.1) is 20.3 Å². The van der Waals surface area contributed by atoms with E-state index in [1.165, 1.54) is 0 Å². The van der Waals surface area contributed by atoms with Crippen molar-refractivity contribution < 1.29 is 23.8 Å². The number of anilines is 1. The number of ether oxygens (including phenoxy) is 3. The Morgan fingerprint density at radius 2 is 1.73 bits per heavy atom. The Labute approximate surface area is 130 Å². The lowest BCUT2D eigenvalue weighted by atomic mass is 10.1. The SMILES string of the molecule is CCOC(=O)CCC(Nc1ccc(OC)cc1)C(=O)OCC. The third-order valence-electron chi connectivity index (χ3n) is 2.94. The van der Waals surface area contributed by atoms with Gasteiger partial charge in [0.15, 0.2) is 0 Å². The molecule has 122 valence electrons. The minimum absolute atomic E-state index is 0.153. The van der Waals surface area contributed by atoms with Gasteiger partial charge < -0.3 is 19.5 Å². The fourth-order valence-corrected chi connectivity index (χ4v) is 1.88. The third-order valence-corrected chi connectivity index (χ3v) is 2.94. The molecule has 1 unspecified atom stereocenters. The standard InChI is InChI=1S/C16H23NO5/c1-4-21-15(18)11-10-14(16(19)22-5-2)17-12-6-8-13(20-3)9-7-12/h6-9,14,17H,4-5,10-11H2,1-3H3. The minimum atomic E-state index is -0.599. The highest BCUT2D eigenvalue weighted by Crippen LogP contribution is 2.17. The molecule has 0 aliphatic rings. The lowest BCUT2D eigenvalue weighted by Crippen LogP contribution is -2.32. The number of rotatable bonds is 9. The molecular formula is C16H23NO5. The van der Waals surface area contributed by atoms with Crippen LogP contribution in [-0.4, -0.2) is 38.3 Å². The van der Waals surface area contributed by atoms with Crippen molar-refractivity contribution in [1.82, 2.24) is 0 Å². The normalized spacial score (nSPS) is 11.4. The van der Waals surface area contributed by atoms with E-state index < -0.39 is 6.04 Å². The molecule has 0 spiro atoms. The molecule has 22 heavy (non-hydrogen) atoms. The van der Waals surface area contributed by atoms with Crippen molar-refractivity contribution in [3.05, 3.63) is 24.3 Å². The summed E-state index contributed by atoms with van der Waals surface area (Å²) in [7, 11) is 1.59. The van der Waals surface area contributed by atoms with E-state index in [2.05, 4.69) is 5.32 Å². The maximum Gasteiger partial charge on any atom is 0.328 e. The summed E-state index contributed by atoms with van der Waals surface area (Å²) in [5.41, 5.74) is 0.753. The zero-order valence-electron chi connectivity index (χ0n) is 13.3. The van der Waals surface area contributed by atoms with Gasteiger partial charge in [-0.2, -0.15) is 0 Å². The van der Waals surface area contributed by atoms with Crippen LogP contribution >= 0.6 is 0 Å². The van der Waals surface area contributed by atoms with Crippen molar-refractivity contribution in [3.63, 3.8) is 0 Å². The fourth-order valence-electron chi connectivity index (χ4n) is 1.88. The van der Waals surface area contributed by atoms with E-state index in [0.29, 0.717) is 19.6 Å². The molecule has 6 heteroatoms. The van der Waals surface area contributed by atoms with Crippen LogP contribution in [0.4, 0.5) is 5.69 Å². The Hall–Kier alpha value is -2.24. The minimum Gasteiger partial charge on any atom is -0.497 e. The molecule has 1 aromatic rings. The van der Waals surface area contributed by atoms with Gasteiger partial charge in [-0.25, -0.2) is 4.79 Å². The predicted octanol–water partition coefficient (Wildman–Crippen LogP) is 2.38. The van der Waals surface area contributed by atoms with E-state index in [4.69, 9.17) is 14.2 Å². The summed E-state index contributed by atoms with van der Waals surface area (Å²) in [5.74, 6) is 0.0145. The van der Waals surface area contributed by atoms with E-state index in [9.17, 15) is 9.59 Å². The van der Waals surface area contributed by atoms with Gasteiger partial charge in [0.25, 0.3) is 0 Å². The van der Waals surface area contributed by atoms with Crippen molar-refractivity contribution in [3.8, 4) is 5.75 Å². The fraction of sp³-hybridized carbons (Fsp3) is 0.500. The van der Waals surface area contributed by atoms with Crippen LogP contribution in [0.1, 0.15) is 26.7 Å². The average molecular weight is 309 g/mol. The van der Waals surface area contributed by atoms with Crippen LogP contribution in [0.15, 0.2) is 24.3 Å². The van der Waals surface area contributed by atoms with E-state index in [1.807, 2.05) is 0 Å². The Morgan fingerprint density at radius 3 is 2.27 bits per heavy atom. The molecule has 0 aliphatic carbocycles. The molecule has 1 N–H and O–H groups in total. The van der Waals surface area contributed by atoms with Crippen LogP contribution in [0.25, 0.3) is 0 Å². The Balaban J connectivity index is 2.67. The molecule has 1 aromatic carbocycles. The van der Waals surface area contributed by atoms with E-state index in [-0.39, 0.29) is 18.4 Å². The number of hydrogen-bond acceptors (Lipinski definition) is 6. The number of carbonyl (C=O) groups excluding carboxylic acids is 2. The van der Waals surface area contributed by atoms with Gasteiger partial charge in [0, 0.05) is 12.1 Å². The second-order valence-electron chi connectivity index (χ2n) is 4.52. The molecule has 0 saturated carbocycles. The summed E-state index contributed by atoms with van der Waals surface area (Å²) in [5, 5.41) is 3.07. The number of hydrogen-bond donors (Lipinski definition) is 1. The second kappa shape index (κ2) is 9.65. The largest absolute Gasteiger partial charge is 0.497 e. The monoisotopic (exact) mass is 309 g/mol. The highest BCUT2D eigenvalue weighted by Gasteiger charge is 2.21. The third kappa shape index (κ3) is 6.03. The predicted molar refractivity (Wildman–Crippen MR) is 82.9 cm³/mol. The molecular weight excluding hydrogens is 286 g/mol. The van der Waals surface area contributed by atoms with Crippen molar-refractivity contribution in [2.75, 3.05) is 25.6 Å². The average Bonchev–Trinajstić information content (AvgIpc) is 2.52. The maximum absolute atomic E-state index is 12.0. The first-order valence-corrected chi connectivity index (χ1v) is 7.33. The molecule has 0 amide bonds. The molecule has 1 rings (SSSR count). The molecule has 6 nitrogen and oxygen atoms in total. The summed E-state index contributed by atoms with van der Waals surface area (Å²) in [6.45, 7) is 4.11. The molecule has 0 heterocycles. The lowest BCUT2D eigenvalue weighted by molar-refractivity contribution is -0.145. The second-order valence-corrected chi connectivity index (χ2v) is 4.52. The molecule has 1 atom stereocenters. The number of nitrogens with one attached hydrogen (secondary N) is 1. The van der Waals surface area contributed by atoms with Gasteiger partial charge in [-0.3, -0.25) is 4.79 Å². The van der Waals surface area contributed by atoms with Gasteiger partial charge in [-0.1, -0.05) is 0 Å². The zero-order valence-corrected chi connectivity index (χ0v) is 13.3. The van der Waals surface area contributed by atoms with Crippen LogP contribution in [0, 0.1) is 0 Å². The van der Waals surface area contributed by atoms with Gasteiger partial charge in [0.2, 0.25) is 0 Å². The van der Waals surface area contributed by atoms with E-state index in [1.54, 1.807) is 45.2 Å². The molecule has 0 aromatic heterocycles. The van der Waals surface area contributed by atoms with Gasteiger partial charge in [0.1, 0.15) is 11.8 Å². The summed E-state index contributed by atoms with van der Waals surface area (Å²) in [6, 6.07) is 6.58. The van der Waals surface area contributed by atoms with Crippen LogP contribution in [0.2, 0.25) is 0 Å². The molecule has 0 bridgehead atoms. The van der Waals surface area contributed by atoms with Crippen molar-refractivity contribution in [2.24, 2.45) is 0 Å². The smallest absolute Gasteiger partial charge is 0.328 e. The molecule has 0 fully saturated rings. The lowest BCUT2D eigenvalue weighted by Gasteiger charge is -2.18. The van der Waals surface area contributed by atoms with Crippen molar-refractivity contribution in [1.29, 1.82) is 0 Å². The number of carbonyl (C=O) groups is 2. The molecule has 0 radical (unpaired) electrons. The summed E-state index contributed by atoms with van der Waals surface area (Å²) >= 11 is 0. The highest BCUT2D eigenvalue weighted by atomic mass is 16.5.